The van der Waals surface area contributed by atoms with Crippen LogP contribution in [0.2, 0.25) is 0 Å². The maximum absolute atomic E-state index is 11.4. The first-order valence-corrected chi connectivity index (χ1v) is 6.31. The topological polar surface area (TPSA) is 38.3 Å². The normalized spacial score (nSPS) is 11.9. The van der Waals surface area contributed by atoms with Crippen molar-refractivity contribution in [2.75, 3.05) is 13.1 Å². The summed E-state index contributed by atoms with van der Waals surface area (Å²) in [6.45, 7) is 11.8. The fourth-order valence-electron chi connectivity index (χ4n) is 1.47. The van der Waals surface area contributed by atoms with E-state index in [2.05, 4.69) is 19.2 Å². The third kappa shape index (κ3) is 8.72. The van der Waals surface area contributed by atoms with Gasteiger partial charge >= 0.3 is 5.97 Å². The molecule has 0 atom stereocenters. The SMILES string of the molecule is CCC(CC)CNCCC(=O)OC(C)(C)C. The fourth-order valence-corrected chi connectivity index (χ4v) is 1.47. The highest BCUT2D eigenvalue weighted by atomic mass is 16.6. The Morgan fingerprint density at radius 1 is 1.25 bits per heavy atom. The maximum atomic E-state index is 11.4. The van der Waals surface area contributed by atoms with Crippen LogP contribution in [-0.2, 0) is 9.53 Å². The smallest absolute Gasteiger partial charge is 0.307 e. The summed E-state index contributed by atoms with van der Waals surface area (Å²) in [4.78, 5) is 11.4. The highest BCUT2D eigenvalue weighted by molar-refractivity contribution is 5.70. The van der Waals surface area contributed by atoms with E-state index >= 15 is 0 Å². The van der Waals surface area contributed by atoms with Crippen molar-refractivity contribution in [2.24, 2.45) is 5.92 Å². The first kappa shape index (κ1) is 15.4. The highest BCUT2D eigenvalue weighted by Gasteiger charge is 2.15. The third-order valence-corrected chi connectivity index (χ3v) is 2.51. The van der Waals surface area contributed by atoms with Crippen molar-refractivity contribution in [3.05, 3.63) is 0 Å². The predicted octanol–water partition coefficient (Wildman–Crippen LogP) is 2.74. The lowest BCUT2D eigenvalue weighted by Gasteiger charge is -2.19. The number of nitrogens with one attached hydrogen (secondary N) is 1. The minimum absolute atomic E-state index is 0.121. The van der Waals surface area contributed by atoms with Gasteiger partial charge in [0.2, 0.25) is 0 Å². The van der Waals surface area contributed by atoms with E-state index in [4.69, 9.17) is 4.74 Å². The summed E-state index contributed by atoms with van der Waals surface area (Å²) in [7, 11) is 0. The van der Waals surface area contributed by atoms with E-state index in [0.717, 1.165) is 12.5 Å². The summed E-state index contributed by atoms with van der Waals surface area (Å²) in [6.07, 6.45) is 2.84. The van der Waals surface area contributed by atoms with E-state index in [1.807, 2.05) is 20.8 Å². The maximum Gasteiger partial charge on any atom is 0.307 e. The molecule has 0 aromatic carbocycles. The van der Waals surface area contributed by atoms with Gasteiger partial charge in [-0.1, -0.05) is 26.7 Å². The van der Waals surface area contributed by atoms with Crippen LogP contribution in [0.25, 0.3) is 0 Å². The van der Waals surface area contributed by atoms with Crippen LogP contribution in [0.5, 0.6) is 0 Å². The minimum Gasteiger partial charge on any atom is -0.460 e. The average Bonchev–Trinajstić information content (AvgIpc) is 2.15. The van der Waals surface area contributed by atoms with Crippen LogP contribution in [-0.4, -0.2) is 24.7 Å². The molecule has 0 rings (SSSR count). The Balaban J connectivity index is 3.55. The van der Waals surface area contributed by atoms with Crippen molar-refractivity contribution < 1.29 is 9.53 Å². The van der Waals surface area contributed by atoms with Gasteiger partial charge < -0.3 is 10.1 Å². The molecule has 0 aliphatic heterocycles. The molecular formula is C13H27NO2. The molecule has 16 heavy (non-hydrogen) atoms. The van der Waals surface area contributed by atoms with Crippen LogP contribution in [0.3, 0.4) is 0 Å². The van der Waals surface area contributed by atoms with Crippen LogP contribution < -0.4 is 5.32 Å². The molecule has 0 aromatic heterocycles. The van der Waals surface area contributed by atoms with Gasteiger partial charge in [0.15, 0.2) is 0 Å². The van der Waals surface area contributed by atoms with Gasteiger partial charge in [0, 0.05) is 6.54 Å². The van der Waals surface area contributed by atoms with Gasteiger partial charge in [-0.05, 0) is 33.2 Å². The molecule has 0 bridgehead atoms. The molecular weight excluding hydrogens is 202 g/mol. The monoisotopic (exact) mass is 229 g/mol. The lowest BCUT2D eigenvalue weighted by molar-refractivity contribution is -0.154. The number of carbonyl (C=O) groups is 1. The molecule has 0 aliphatic rings. The summed E-state index contributed by atoms with van der Waals surface area (Å²) in [6, 6.07) is 0. The van der Waals surface area contributed by atoms with Crippen molar-refractivity contribution >= 4 is 5.97 Å². The lowest BCUT2D eigenvalue weighted by Crippen LogP contribution is -2.28. The van der Waals surface area contributed by atoms with E-state index in [-0.39, 0.29) is 11.6 Å². The molecule has 0 aliphatic carbocycles. The quantitative estimate of drug-likeness (QED) is 0.539. The van der Waals surface area contributed by atoms with Gasteiger partial charge in [-0.2, -0.15) is 0 Å². The molecule has 0 saturated carbocycles. The number of rotatable bonds is 7. The number of hydrogen-bond donors (Lipinski definition) is 1. The summed E-state index contributed by atoms with van der Waals surface area (Å²) < 4.78 is 5.22. The van der Waals surface area contributed by atoms with E-state index in [1.54, 1.807) is 0 Å². The zero-order valence-corrected chi connectivity index (χ0v) is 11.4. The Morgan fingerprint density at radius 2 is 1.81 bits per heavy atom. The molecule has 0 radical (unpaired) electrons. The molecule has 0 amide bonds. The van der Waals surface area contributed by atoms with Crippen molar-refractivity contribution in [3.63, 3.8) is 0 Å². The van der Waals surface area contributed by atoms with Crippen molar-refractivity contribution in [2.45, 2.75) is 59.5 Å². The molecule has 0 heterocycles. The first-order chi connectivity index (χ1) is 7.39. The van der Waals surface area contributed by atoms with E-state index < -0.39 is 0 Å². The van der Waals surface area contributed by atoms with E-state index in [9.17, 15) is 4.79 Å². The van der Waals surface area contributed by atoms with Gasteiger partial charge in [0.05, 0.1) is 6.42 Å². The standard InChI is InChI=1S/C13H27NO2/c1-6-11(7-2)10-14-9-8-12(15)16-13(3,4)5/h11,14H,6-10H2,1-5H3. The van der Waals surface area contributed by atoms with Gasteiger partial charge in [0.1, 0.15) is 5.60 Å². The predicted molar refractivity (Wildman–Crippen MR) is 67.4 cm³/mol. The fraction of sp³-hybridized carbons (Fsp3) is 0.923. The van der Waals surface area contributed by atoms with Crippen molar-refractivity contribution in [3.8, 4) is 0 Å². The molecule has 3 nitrogen and oxygen atoms in total. The Bertz CT molecular complexity index is 193. The van der Waals surface area contributed by atoms with E-state index in [0.29, 0.717) is 13.0 Å². The van der Waals surface area contributed by atoms with Crippen LogP contribution >= 0.6 is 0 Å². The summed E-state index contributed by atoms with van der Waals surface area (Å²) in [5.74, 6) is 0.600. The Kier molecular flexibility index (Phi) is 7.39. The van der Waals surface area contributed by atoms with Gasteiger partial charge in [-0.15, -0.1) is 0 Å². The van der Waals surface area contributed by atoms with Crippen molar-refractivity contribution in [1.82, 2.24) is 5.32 Å². The van der Waals surface area contributed by atoms with Gasteiger partial charge in [-0.25, -0.2) is 0 Å². The second-order valence-electron chi connectivity index (χ2n) is 5.22. The zero-order chi connectivity index (χ0) is 12.6. The average molecular weight is 229 g/mol. The van der Waals surface area contributed by atoms with Crippen LogP contribution in [0.15, 0.2) is 0 Å². The summed E-state index contributed by atoms with van der Waals surface area (Å²) >= 11 is 0. The van der Waals surface area contributed by atoms with Gasteiger partial charge in [-0.3, -0.25) is 4.79 Å². The Labute approximate surface area is 99.9 Å². The molecule has 0 unspecified atom stereocenters. The van der Waals surface area contributed by atoms with E-state index in [1.165, 1.54) is 12.8 Å². The molecule has 96 valence electrons. The first-order valence-electron chi connectivity index (χ1n) is 6.31. The lowest BCUT2D eigenvalue weighted by atomic mass is 10.0. The Morgan fingerprint density at radius 3 is 2.25 bits per heavy atom. The zero-order valence-electron chi connectivity index (χ0n) is 11.4. The van der Waals surface area contributed by atoms with Crippen LogP contribution in [0, 0.1) is 5.92 Å². The molecule has 3 heteroatoms. The molecule has 0 fully saturated rings. The molecule has 1 N–H and O–H groups in total. The second-order valence-corrected chi connectivity index (χ2v) is 5.22. The summed E-state index contributed by atoms with van der Waals surface area (Å²) in [5.41, 5.74) is -0.369. The van der Waals surface area contributed by atoms with Crippen molar-refractivity contribution in [1.29, 1.82) is 0 Å². The van der Waals surface area contributed by atoms with Gasteiger partial charge in [0.25, 0.3) is 0 Å². The second kappa shape index (κ2) is 7.66. The number of ether oxygens (including phenoxy) is 1. The number of carbonyl (C=O) groups excluding carboxylic acids is 1. The molecule has 0 spiro atoms. The van der Waals surface area contributed by atoms with Crippen LogP contribution in [0.1, 0.15) is 53.9 Å². The van der Waals surface area contributed by atoms with Crippen LogP contribution in [0.4, 0.5) is 0 Å². The minimum atomic E-state index is -0.369. The molecule has 0 aromatic rings. The highest BCUT2D eigenvalue weighted by Crippen LogP contribution is 2.08. The number of hydrogen-bond acceptors (Lipinski definition) is 3. The Hall–Kier alpha value is -0.570. The summed E-state index contributed by atoms with van der Waals surface area (Å²) in [5, 5.41) is 3.30. The number of esters is 1. The largest absolute Gasteiger partial charge is 0.460 e. The molecule has 0 saturated heterocycles. The third-order valence-electron chi connectivity index (χ3n) is 2.51.